The van der Waals surface area contributed by atoms with Crippen molar-refractivity contribution in [2.45, 2.75) is 24.9 Å². The molecule has 8 nitrogen and oxygen atoms in total. The number of carbonyl (C=O) groups excluding carboxylic acids is 2. The van der Waals surface area contributed by atoms with E-state index in [1.54, 1.807) is 30.3 Å². The van der Waals surface area contributed by atoms with Crippen molar-refractivity contribution in [3.05, 3.63) is 81.9 Å². The van der Waals surface area contributed by atoms with Gasteiger partial charge in [-0.15, -0.1) is 0 Å². The molecule has 176 valence electrons. The molecule has 4 N–H and O–H groups in total. The van der Waals surface area contributed by atoms with E-state index in [0.29, 0.717) is 27.3 Å². The Labute approximate surface area is 200 Å². The van der Waals surface area contributed by atoms with Crippen LogP contribution in [0.5, 0.6) is 23.0 Å². The number of rotatable bonds is 4. The summed E-state index contributed by atoms with van der Waals surface area (Å²) in [5.41, 5.74) is 1.96. The summed E-state index contributed by atoms with van der Waals surface area (Å²) >= 11 is 5.97. The summed E-state index contributed by atoms with van der Waals surface area (Å²) < 4.78 is 4.99. The lowest BCUT2D eigenvalue weighted by Gasteiger charge is -2.42. The first-order valence-corrected chi connectivity index (χ1v) is 10.8. The molecule has 0 spiro atoms. The Hall–Kier alpha value is -3.91. The van der Waals surface area contributed by atoms with Gasteiger partial charge in [0.1, 0.15) is 6.04 Å². The fourth-order valence-electron chi connectivity index (χ4n) is 4.28. The highest BCUT2D eigenvalue weighted by molar-refractivity contribution is 6.30. The van der Waals surface area contributed by atoms with Crippen molar-refractivity contribution >= 4 is 23.5 Å². The van der Waals surface area contributed by atoms with Gasteiger partial charge in [0, 0.05) is 17.0 Å². The molecule has 0 saturated carbocycles. The fraction of sp³-hybridized carbons (Fsp3) is 0.200. The molecule has 0 radical (unpaired) electrons. The quantitative estimate of drug-likeness (QED) is 0.329. The van der Waals surface area contributed by atoms with Crippen LogP contribution in [-0.4, -0.2) is 50.4 Å². The molecular formula is C25H22ClNO7. The molecule has 0 aromatic heterocycles. The highest BCUT2D eigenvalue weighted by Crippen LogP contribution is 2.42. The smallest absolute Gasteiger partial charge is 0.328 e. The predicted molar refractivity (Wildman–Crippen MR) is 123 cm³/mol. The third-order valence-corrected chi connectivity index (χ3v) is 6.20. The summed E-state index contributed by atoms with van der Waals surface area (Å²) in [6.45, 7) is 0. The highest BCUT2D eigenvalue weighted by atomic mass is 35.5. The van der Waals surface area contributed by atoms with E-state index in [4.69, 9.17) is 16.3 Å². The number of carbonyl (C=O) groups is 2. The standard InChI is InChI=1S/C25H22ClNO7/c1-34-25(33)19-10-15-11-22(30)23(31)12-17(15)18(8-13-2-7-20(28)21(29)9-13)27(19)24(32)14-3-5-16(26)6-4-14/h2-7,9,11-12,18-19,28-31H,8,10H2,1H3/t18-,19-/m0/s1. The number of nitrogens with zero attached hydrogens (tertiary/aromatic N) is 1. The zero-order valence-electron chi connectivity index (χ0n) is 18.1. The molecule has 0 aliphatic carbocycles. The Morgan fingerprint density at radius 1 is 0.941 bits per heavy atom. The average Bonchev–Trinajstić information content (AvgIpc) is 2.82. The zero-order chi connectivity index (χ0) is 24.6. The third-order valence-electron chi connectivity index (χ3n) is 5.95. The minimum Gasteiger partial charge on any atom is -0.504 e. The van der Waals surface area contributed by atoms with Crippen molar-refractivity contribution in [1.82, 2.24) is 4.90 Å². The number of halogens is 1. The Kier molecular flexibility index (Phi) is 6.26. The van der Waals surface area contributed by atoms with Gasteiger partial charge in [0.05, 0.1) is 13.2 Å². The van der Waals surface area contributed by atoms with Gasteiger partial charge >= 0.3 is 5.97 Å². The number of fused-ring (bicyclic) bond motifs is 1. The van der Waals surface area contributed by atoms with Crippen LogP contribution in [0.1, 0.15) is 33.1 Å². The number of aromatic hydroxyl groups is 4. The minimum absolute atomic E-state index is 0.0620. The number of amides is 1. The number of hydrogen-bond donors (Lipinski definition) is 4. The lowest BCUT2D eigenvalue weighted by Crippen LogP contribution is -2.52. The first-order valence-electron chi connectivity index (χ1n) is 10.4. The summed E-state index contributed by atoms with van der Waals surface area (Å²) in [5.74, 6) is -2.44. The molecule has 3 aromatic rings. The molecule has 2 atom stereocenters. The largest absolute Gasteiger partial charge is 0.504 e. The molecule has 0 fully saturated rings. The molecule has 0 unspecified atom stereocenters. The van der Waals surface area contributed by atoms with Crippen LogP contribution in [0.3, 0.4) is 0 Å². The van der Waals surface area contributed by atoms with E-state index in [2.05, 4.69) is 0 Å². The molecule has 1 heterocycles. The highest BCUT2D eigenvalue weighted by Gasteiger charge is 2.42. The van der Waals surface area contributed by atoms with Crippen molar-refractivity contribution in [2.75, 3.05) is 7.11 Å². The van der Waals surface area contributed by atoms with Crippen LogP contribution < -0.4 is 0 Å². The van der Waals surface area contributed by atoms with E-state index in [0.717, 1.165) is 0 Å². The minimum atomic E-state index is -1.01. The van der Waals surface area contributed by atoms with Gasteiger partial charge in [-0.1, -0.05) is 17.7 Å². The van der Waals surface area contributed by atoms with E-state index >= 15 is 0 Å². The van der Waals surface area contributed by atoms with Gasteiger partial charge in [-0.05, 0) is 71.6 Å². The number of phenols is 4. The van der Waals surface area contributed by atoms with Gasteiger partial charge in [0.15, 0.2) is 23.0 Å². The Bertz CT molecular complexity index is 1260. The second-order valence-electron chi connectivity index (χ2n) is 8.05. The van der Waals surface area contributed by atoms with Crippen LogP contribution >= 0.6 is 11.6 Å². The summed E-state index contributed by atoms with van der Waals surface area (Å²) in [6, 6.07) is 11.4. The molecule has 0 saturated heterocycles. The van der Waals surface area contributed by atoms with Crippen LogP contribution in [0.4, 0.5) is 0 Å². The number of benzene rings is 3. The number of hydrogen-bond acceptors (Lipinski definition) is 7. The monoisotopic (exact) mass is 483 g/mol. The summed E-state index contributed by atoms with van der Waals surface area (Å²) in [6.07, 6.45) is 0.199. The van der Waals surface area contributed by atoms with Crippen LogP contribution in [0.2, 0.25) is 5.02 Å². The maximum absolute atomic E-state index is 13.7. The van der Waals surface area contributed by atoms with Gasteiger partial charge in [0.2, 0.25) is 0 Å². The van der Waals surface area contributed by atoms with Gasteiger partial charge in [-0.3, -0.25) is 4.79 Å². The maximum atomic E-state index is 13.7. The summed E-state index contributed by atoms with van der Waals surface area (Å²) in [4.78, 5) is 27.9. The van der Waals surface area contributed by atoms with Gasteiger partial charge in [0.25, 0.3) is 5.91 Å². The molecule has 9 heteroatoms. The maximum Gasteiger partial charge on any atom is 0.328 e. The fourth-order valence-corrected chi connectivity index (χ4v) is 4.41. The number of ether oxygens (including phenoxy) is 1. The first-order chi connectivity index (χ1) is 16.2. The number of esters is 1. The van der Waals surface area contributed by atoms with Crippen LogP contribution in [0.15, 0.2) is 54.6 Å². The predicted octanol–water partition coefficient (Wildman–Crippen LogP) is 3.69. The lowest BCUT2D eigenvalue weighted by molar-refractivity contribution is -0.147. The van der Waals surface area contributed by atoms with Crippen molar-refractivity contribution in [3.8, 4) is 23.0 Å². The van der Waals surface area contributed by atoms with E-state index in [1.165, 1.54) is 36.3 Å². The zero-order valence-corrected chi connectivity index (χ0v) is 18.9. The number of methoxy groups -OCH3 is 1. The van der Waals surface area contributed by atoms with E-state index in [9.17, 15) is 30.0 Å². The molecule has 1 aliphatic heterocycles. The van der Waals surface area contributed by atoms with Crippen molar-refractivity contribution < 1.29 is 34.8 Å². The molecular weight excluding hydrogens is 462 g/mol. The number of phenolic OH excluding ortho intramolecular Hbond substituents is 4. The second kappa shape index (κ2) is 9.15. The van der Waals surface area contributed by atoms with Crippen LogP contribution in [0, 0.1) is 0 Å². The second-order valence-corrected chi connectivity index (χ2v) is 8.48. The van der Waals surface area contributed by atoms with E-state index in [-0.39, 0.29) is 35.8 Å². The molecule has 1 aliphatic rings. The Morgan fingerprint density at radius 2 is 1.59 bits per heavy atom. The van der Waals surface area contributed by atoms with E-state index in [1.807, 2.05) is 0 Å². The molecule has 34 heavy (non-hydrogen) atoms. The first kappa shape index (κ1) is 23.3. The normalized spacial score (nSPS) is 17.2. The van der Waals surface area contributed by atoms with Crippen molar-refractivity contribution in [2.24, 2.45) is 0 Å². The third kappa shape index (κ3) is 4.32. The summed E-state index contributed by atoms with van der Waals surface area (Å²) in [7, 11) is 1.23. The molecule has 4 rings (SSSR count). The Morgan fingerprint density at radius 3 is 2.24 bits per heavy atom. The van der Waals surface area contributed by atoms with Crippen LogP contribution in [-0.2, 0) is 22.4 Å². The molecule has 3 aromatic carbocycles. The summed E-state index contributed by atoms with van der Waals surface area (Å²) in [5, 5.41) is 40.4. The van der Waals surface area contributed by atoms with Crippen molar-refractivity contribution in [1.29, 1.82) is 0 Å². The van der Waals surface area contributed by atoms with Crippen LogP contribution in [0.25, 0.3) is 0 Å². The average molecular weight is 484 g/mol. The molecule has 0 bridgehead atoms. The lowest BCUT2D eigenvalue weighted by atomic mass is 9.84. The topological polar surface area (TPSA) is 128 Å². The Balaban J connectivity index is 1.88. The SMILES string of the molecule is COC(=O)[C@@H]1Cc2cc(O)c(O)cc2[C@H](Cc2ccc(O)c(O)c2)N1C(=O)c1ccc(Cl)cc1. The van der Waals surface area contributed by atoms with Gasteiger partial charge in [-0.2, -0.15) is 0 Å². The van der Waals surface area contributed by atoms with E-state index < -0.39 is 24.0 Å². The van der Waals surface area contributed by atoms with Gasteiger partial charge in [-0.25, -0.2) is 4.79 Å². The van der Waals surface area contributed by atoms with Gasteiger partial charge < -0.3 is 30.1 Å². The van der Waals surface area contributed by atoms with Crippen molar-refractivity contribution in [3.63, 3.8) is 0 Å². The molecule has 1 amide bonds.